The number of nitrogens with zero attached hydrogens (tertiary/aromatic N) is 1. The Hall–Kier alpha value is -1.26. The van der Waals surface area contributed by atoms with E-state index in [1.165, 1.54) is 0 Å². The molecule has 0 heterocycles. The maximum absolute atomic E-state index is 8.76. The third-order valence-corrected chi connectivity index (χ3v) is 2.88. The first-order valence-electron chi connectivity index (χ1n) is 6.21. The van der Waals surface area contributed by atoms with Crippen LogP contribution in [0.4, 0.5) is 0 Å². The Bertz CT molecular complexity index is 355. The van der Waals surface area contributed by atoms with Gasteiger partial charge in [-0.1, -0.05) is 6.07 Å². The maximum atomic E-state index is 8.76. The number of hydrogen-bond donors (Lipinski definition) is 1. The molecule has 0 fully saturated rings. The smallest absolute Gasteiger partial charge is 0.127 e. The lowest BCUT2D eigenvalue weighted by Gasteiger charge is -2.18. The molecule has 0 radical (unpaired) electrons. The Morgan fingerprint density at radius 3 is 2.56 bits per heavy atom. The summed E-state index contributed by atoms with van der Waals surface area (Å²) >= 11 is 0. The standard InChI is InChI=1S/C14H23NO3/c1-15(8-4-5-9-16)11-12-6-7-13(17-2)10-14(12)18-3/h6-7,10,16H,4-5,8-9,11H2,1-3H3. The number of methoxy groups -OCH3 is 2. The molecule has 0 atom stereocenters. The highest BCUT2D eigenvalue weighted by Gasteiger charge is 2.07. The number of unbranched alkanes of at least 4 members (excludes halogenated alkanes) is 1. The first kappa shape index (κ1) is 14.8. The molecule has 0 saturated carbocycles. The molecule has 0 aromatic heterocycles. The summed E-state index contributed by atoms with van der Waals surface area (Å²) in [6.45, 7) is 2.06. The van der Waals surface area contributed by atoms with Crippen LogP contribution >= 0.6 is 0 Å². The summed E-state index contributed by atoms with van der Waals surface area (Å²) in [4.78, 5) is 2.22. The van der Waals surface area contributed by atoms with E-state index in [1.54, 1.807) is 14.2 Å². The average Bonchev–Trinajstić information content (AvgIpc) is 2.39. The topological polar surface area (TPSA) is 41.9 Å². The number of rotatable bonds is 8. The van der Waals surface area contributed by atoms with Crippen LogP contribution in [-0.2, 0) is 6.54 Å². The molecule has 1 N–H and O–H groups in total. The van der Waals surface area contributed by atoms with Crippen molar-refractivity contribution in [3.8, 4) is 11.5 Å². The number of hydrogen-bond acceptors (Lipinski definition) is 4. The largest absolute Gasteiger partial charge is 0.497 e. The van der Waals surface area contributed by atoms with E-state index >= 15 is 0 Å². The fourth-order valence-electron chi connectivity index (χ4n) is 1.85. The third kappa shape index (κ3) is 4.55. The van der Waals surface area contributed by atoms with Crippen LogP contribution in [0.15, 0.2) is 18.2 Å². The molecule has 0 saturated heterocycles. The SMILES string of the molecule is COc1ccc(CN(C)CCCCO)c(OC)c1. The van der Waals surface area contributed by atoms with Crippen molar-refractivity contribution in [3.63, 3.8) is 0 Å². The van der Waals surface area contributed by atoms with Crippen molar-refractivity contribution in [1.29, 1.82) is 0 Å². The molecule has 0 aliphatic carbocycles. The van der Waals surface area contributed by atoms with Crippen LogP contribution in [0.3, 0.4) is 0 Å². The van der Waals surface area contributed by atoms with Gasteiger partial charge in [-0.25, -0.2) is 0 Å². The summed E-state index contributed by atoms with van der Waals surface area (Å²) < 4.78 is 10.5. The summed E-state index contributed by atoms with van der Waals surface area (Å²) in [5, 5.41) is 8.76. The van der Waals surface area contributed by atoms with Crippen molar-refractivity contribution in [3.05, 3.63) is 23.8 Å². The molecule has 0 aliphatic rings. The Balaban J connectivity index is 2.60. The molecule has 0 amide bonds. The van der Waals surface area contributed by atoms with Gasteiger partial charge in [0.25, 0.3) is 0 Å². The van der Waals surface area contributed by atoms with Gasteiger partial charge in [-0.15, -0.1) is 0 Å². The Morgan fingerprint density at radius 2 is 1.94 bits per heavy atom. The van der Waals surface area contributed by atoms with Crippen LogP contribution in [0, 0.1) is 0 Å². The van der Waals surface area contributed by atoms with Crippen LogP contribution < -0.4 is 9.47 Å². The highest BCUT2D eigenvalue weighted by molar-refractivity contribution is 5.40. The highest BCUT2D eigenvalue weighted by Crippen LogP contribution is 2.25. The minimum Gasteiger partial charge on any atom is -0.497 e. The third-order valence-electron chi connectivity index (χ3n) is 2.88. The molecule has 0 aliphatic heterocycles. The first-order valence-corrected chi connectivity index (χ1v) is 6.21. The molecule has 102 valence electrons. The highest BCUT2D eigenvalue weighted by atomic mass is 16.5. The van der Waals surface area contributed by atoms with Gasteiger partial charge in [0, 0.05) is 24.8 Å². The van der Waals surface area contributed by atoms with Crippen LogP contribution in [0.2, 0.25) is 0 Å². The van der Waals surface area contributed by atoms with Crippen LogP contribution in [-0.4, -0.2) is 44.4 Å². The van der Waals surface area contributed by atoms with E-state index in [0.29, 0.717) is 0 Å². The van der Waals surface area contributed by atoms with E-state index in [1.807, 2.05) is 18.2 Å². The normalized spacial score (nSPS) is 10.7. The second kappa shape index (κ2) is 7.95. The lowest BCUT2D eigenvalue weighted by Crippen LogP contribution is -2.19. The van der Waals surface area contributed by atoms with Crippen molar-refractivity contribution in [2.75, 3.05) is 34.4 Å². The fraction of sp³-hybridized carbons (Fsp3) is 0.571. The Morgan fingerprint density at radius 1 is 1.17 bits per heavy atom. The van der Waals surface area contributed by atoms with Gasteiger partial charge in [0.2, 0.25) is 0 Å². The van der Waals surface area contributed by atoms with Gasteiger partial charge < -0.3 is 19.5 Å². The van der Waals surface area contributed by atoms with E-state index in [4.69, 9.17) is 14.6 Å². The Kier molecular flexibility index (Phi) is 6.54. The zero-order chi connectivity index (χ0) is 13.4. The molecule has 4 nitrogen and oxygen atoms in total. The van der Waals surface area contributed by atoms with Gasteiger partial charge in [0.1, 0.15) is 11.5 Å². The molecular weight excluding hydrogens is 230 g/mol. The number of ether oxygens (including phenoxy) is 2. The van der Waals surface area contributed by atoms with Crippen molar-refractivity contribution in [1.82, 2.24) is 4.90 Å². The van der Waals surface area contributed by atoms with Crippen LogP contribution in [0.1, 0.15) is 18.4 Å². The quantitative estimate of drug-likeness (QED) is 0.719. The maximum Gasteiger partial charge on any atom is 0.127 e. The van der Waals surface area contributed by atoms with Crippen LogP contribution in [0.25, 0.3) is 0 Å². The Labute approximate surface area is 109 Å². The van der Waals surface area contributed by atoms with Crippen molar-refractivity contribution in [2.45, 2.75) is 19.4 Å². The summed E-state index contributed by atoms with van der Waals surface area (Å²) in [5.41, 5.74) is 1.14. The van der Waals surface area contributed by atoms with Gasteiger partial charge in [-0.2, -0.15) is 0 Å². The zero-order valence-electron chi connectivity index (χ0n) is 11.5. The summed E-state index contributed by atoms with van der Waals surface area (Å²) in [7, 11) is 5.39. The number of aliphatic hydroxyl groups excluding tert-OH is 1. The zero-order valence-corrected chi connectivity index (χ0v) is 11.5. The number of aliphatic hydroxyl groups is 1. The minimum absolute atomic E-state index is 0.264. The van der Waals surface area contributed by atoms with Crippen molar-refractivity contribution in [2.24, 2.45) is 0 Å². The monoisotopic (exact) mass is 253 g/mol. The second-order valence-corrected chi connectivity index (χ2v) is 4.35. The molecule has 1 rings (SSSR count). The molecule has 0 bridgehead atoms. The number of benzene rings is 1. The van der Waals surface area contributed by atoms with Gasteiger partial charge in [-0.3, -0.25) is 0 Å². The van der Waals surface area contributed by atoms with E-state index in [0.717, 1.165) is 43.0 Å². The van der Waals surface area contributed by atoms with Gasteiger partial charge in [0.15, 0.2) is 0 Å². The average molecular weight is 253 g/mol. The van der Waals surface area contributed by atoms with Crippen molar-refractivity contribution < 1.29 is 14.6 Å². The van der Waals surface area contributed by atoms with Crippen molar-refractivity contribution >= 4 is 0 Å². The lowest BCUT2D eigenvalue weighted by molar-refractivity contribution is 0.259. The van der Waals surface area contributed by atoms with E-state index in [2.05, 4.69) is 11.9 Å². The molecule has 1 aromatic rings. The molecule has 0 spiro atoms. The summed E-state index contributed by atoms with van der Waals surface area (Å²) in [6.07, 6.45) is 1.86. The molecule has 0 unspecified atom stereocenters. The molecular formula is C14H23NO3. The summed E-state index contributed by atoms with van der Waals surface area (Å²) in [5.74, 6) is 1.65. The van der Waals surface area contributed by atoms with Gasteiger partial charge in [-0.05, 0) is 32.5 Å². The molecule has 18 heavy (non-hydrogen) atoms. The fourth-order valence-corrected chi connectivity index (χ4v) is 1.85. The van der Waals surface area contributed by atoms with E-state index in [-0.39, 0.29) is 6.61 Å². The first-order chi connectivity index (χ1) is 8.71. The minimum atomic E-state index is 0.264. The summed E-state index contributed by atoms with van der Waals surface area (Å²) in [6, 6.07) is 5.87. The van der Waals surface area contributed by atoms with E-state index < -0.39 is 0 Å². The molecule has 4 heteroatoms. The molecule has 1 aromatic carbocycles. The van der Waals surface area contributed by atoms with Gasteiger partial charge in [0.05, 0.1) is 14.2 Å². The van der Waals surface area contributed by atoms with E-state index in [9.17, 15) is 0 Å². The second-order valence-electron chi connectivity index (χ2n) is 4.35. The predicted molar refractivity (Wildman–Crippen MR) is 72.2 cm³/mol. The van der Waals surface area contributed by atoms with Crippen LogP contribution in [0.5, 0.6) is 11.5 Å². The van der Waals surface area contributed by atoms with Gasteiger partial charge >= 0.3 is 0 Å². The predicted octanol–water partition coefficient (Wildman–Crippen LogP) is 1.91. The lowest BCUT2D eigenvalue weighted by atomic mass is 10.1.